The highest BCUT2D eigenvalue weighted by molar-refractivity contribution is 5.90. The highest BCUT2D eigenvalue weighted by Gasteiger charge is 2.08. The first-order valence-corrected chi connectivity index (χ1v) is 8.53. The van der Waals surface area contributed by atoms with Gasteiger partial charge in [0.1, 0.15) is 0 Å². The standard InChI is InChI=1S/C22H18N4/c23-17-6-4-15-9-19(25-21(15)11-17)13-2-1-3-14(8-13)20-10-16-5-7-18(24)12-22(16)26-20/h1-12,25-26H,23-24H2. The van der Waals surface area contributed by atoms with Gasteiger partial charge in [-0.1, -0.05) is 30.3 Å². The van der Waals surface area contributed by atoms with Gasteiger partial charge in [0.05, 0.1) is 0 Å². The monoisotopic (exact) mass is 338 g/mol. The van der Waals surface area contributed by atoms with Crippen molar-refractivity contribution in [2.75, 3.05) is 11.5 Å². The molecule has 0 saturated heterocycles. The van der Waals surface area contributed by atoms with Crippen LogP contribution in [0.5, 0.6) is 0 Å². The molecule has 0 radical (unpaired) electrons. The van der Waals surface area contributed by atoms with Crippen molar-refractivity contribution in [1.82, 2.24) is 9.97 Å². The molecule has 0 bridgehead atoms. The summed E-state index contributed by atoms with van der Waals surface area (Å²) in [5, 5.41) is 2.31. The van der Waals surface area contributed by atoms with E-state index in [1.807, 2.05) is 36.4 Å². The Morgan fingerprint density at radius 3 is 1.54 bits per heavy atom. The quantitative estimate of drug-likeness (QED) is 0.336. The molecule has 0 unspecified atom stereocenters. The molecular formula is C22H18N4. The van der Waals surface area contributed by atoms with Gasteiger partial charge < -0.3 is 21.4 Å². The van der Waals surface area contributed by atoms with Crippen LogP contribution in [-0.4, -0.2) is 9.97 Å². The molecule has 0 atom stereocenters. The molecule has 6 N–H and O–H groups in total. The predicted octanol–water partition coefficient (Wildman–Crippen LogP) is 5.15. The van der Waals surface area contributed by atoms with Crippen molar-refractivity contribution in [2.24, 2.45) is 0 Å². The lowest BCUT2D eigenvalue weighted by Crippen LogP contribution is -1.83. The third-order valence-electron chi connectivity index (χ3n) is 4.78. The smallest absolute Gasteiger partial charge is 0.0479 e. The van der Waals surface area contributed by atoms with Gasteiger partial charge in [-0.3, -0.25) is 0 Å². The molecule has 26 heavy (non-hydrogen) atoms. The summed E-state index contributed by atoms with van der Waals surface area (Å²) in [6, 6.07) is 24.6. The fraction of sp³-hybridized carbons (Fsp3) is 0. The molecule has 0 spiro atoms. The Bertz CT molecular complexity index is 1160. The van der Waals surface area contributed by atoms with Crippen LogP contribution >= 0.6 is 0 Å². The Morgan fingerprint density at radius 2 is 1.04 bits per heavy atom. The number of anilines is 2. The summed E-state index contributed by atoms with van der Waals surface area (Å²) >= 11 is 0. The average Bonchev–Trinajstić information content (AvgIpc) is 3.25. The van der Waals surface area contributed by atoms with Gasteiger partial charge in [-0.05, 0) is 53.6 Å². The summed E-state index contributed by atoms with van der Waals surface area (Å²) in [4.78, 5) is 6.92. The van der Waals surface area contributed by atoms with Crippen molar-refractivity contribution in [3.05, 3.63) is 72.8 Å². The molecule has 0 fully saturated rings. The van der Waals surface area contributed by atoms with Crippen molar-refractivity contribution in [1.29, 1.82) is 0 Å². The third-order valence-corrected chi connectivity index (χ3v) is 4.78. The maximum absolute atomic E-state index is 5.89. The fourth-order valence-corrected chi connectivity index (χ4v) is 3.45. The summed E-state index contributed by atoms with van der Waals surface area (Å²) in [7, 11) is 0. The van der Waals surface area contributed by atoms with E-state index in [2.05, 4.69) is 46.4 Å². The van der Waals surface area contributed by atoms with Crippen LogP contribution in [0.4, 0.5) is 11.4 Å². The number of aromatic nitrogens is 2. The Kier molecular flexibility index (Phi) is 3.06. The Labute approximate surface area is 150 Å². The van der Waals surface area contributed by atoms with Crippen LogP contribution in [-0.2, 0) is 0 Å². The van der Waals surface area contributed by atoms with Crippen molar-refractivity contribution in [2.45, 2.75) is 0 Å². The van der Waals surface area contributed by atoms with E-state index in [4.69, 9.17) is 11.5 Å². The van der Waals surface area contributed by atoms with E-state index in [9.17, 15) is 0 Å². The lowest BCUT2D eigenvalue weighted by molar-refractivity contribution is 1.43. The highest BCUT2D eigenvalue weighted by atomic mass is 14.7. The van der Waals surface area contributed by atoms with Crippen LogP contribution in [0.1, 0.15) is 0 Å². The van der Waals surface area contributed by atoms with Crippen molar-refractivity contribution >= 4 is 33.2 Å². The number of hydrogen-bond acceptors (Lipinski definition) is 2. The van der Waals surface area contributed by atoms with E-state index in [1.165, 1.54) is 0 Å². The van der Waals surface area contributed by atoms with Crippen LogP contribution in [0.2, 0.25) is 0 Å². The number of nitrogens with one attached hydrogen (secondary N) is 2. The number of hydrogen-bond donors (Lipinski definition) is 4. The summed E-state index contributed by atoms with van der Waals surface area (Å²) in [5.74, 6) is 0. The highest BCUT2D eigenvalue weighted by Crippen LogP contribution is 2.30. The number of rotatable bonds is 2. The minimum Gasteiger partial charge on any atom is -0.399 e. The van der Waals surface area contributed by atoms with E-state index in [0.717, 1.165) is 55.7 Å². The molecule has 3 aromatic carbocycles. The molecule has 5 aromatic rings. The van der Waals surface area contributed by atoms with Crippen LogP contribution < -0.4 is 11.5 Å². The van der Waals surface area contributed by atoms with Crippen LogP contribution in [0, 0.1) is 0 Å². The van der Waals surface area contributed by atoms with E-state index >= 15 is 0 Å². The molecule has 4 nitrogen and oxygen atoms in total. The number of benzene rings is 3. The zero-order chi connectivity index (χ0) is 17.7. The van der Waals surface area contributed by atoms with Crippen molar-refractivity contribution in [3.63, 3.8) is 0 Å². The van der Waals surface area contributed by atoms with Gasteiger partial charge in [-0.25, -0.2) is 0 Å². The molecule has 0 aliphatic rings. The minimum atomic E-state index is 0.761. The number of nitrogen functional groups attached to an aromatic ring is 2. The third kappa shape index (κ3) is 2.40. The largest absolute Gasteiger partial charge is 0.399 e. The first-order valence-electron chi connectivity index (χ1n) is 8.53. The number of nitrogens with two attached hydrogens (primary N) is 2. The molecule has 0 aliphatic heterocycles. The molecule has 2 heterocycles. The lowest BCUT2D eigenvalue weighted by atomic mass is 10.1. The van der Waals surface area contributed by atoms with Gasteiger partial charge in [-0.15, -0.1) is 0 Å². The summed E-state index contributed by atoms with van der Waals surface area (Å²) in [5.41, 5.74) is 19.8. The predicted molar refractivity (Wildman–Crippen MR) is 110 cm³/mol. The Morgan fingerprint density at radius 1 is 0.538 bits per heavy atom. The molecule has 126 valence electrons. The average molecular weight is 338 g/mol. The van der Waals surface area contributed by atoms with Gasteiger partial charge in [0.2, 0.25) is 0 Å². The van der Waals surface area contributed by atoms with Crippen LogP contribution in [0.15, 0.2) is 72.8 Å². The first-order chi connectivity index (χ1) is 12.7. The van der Waals surface area contributed by atoms with E-state index < -0.39 is 0 Å². The summed E-state index contributed by atoms with van der Waals surface area (Å²) in [6.45, 7) is 0. The molecule has 4 heteroatoms. The first kappa shape index (κ1) is 14.7. The minimum absolute atomic E-state index is 0.761. The molecule has 0 amide bonds. The van der Waals surface area contributed by atoms with Gasteiger partial charge in [0.25, 0.3) is 0 Å². The topological polar surface area (TPSA) is 83.6 Å². The molecular weight excluding hydrogens is 320 g/mol. The molecule has 0 aliphatic carbocycles. The van der Waals surface area contributed by atoms with Gasteiger partial charge >= 0.3 is 0 Å². The zero-order valence-electron chi connectivity index (χ0n) is 14.1. The maximum atomic E-state index is 5.89. The second-order valence-electron chi connectivity index (χ2n) is 6.64. The van der Waals surface area contributed by atoms with Crippen LogP contribution in [0.25, 0.3) is 44.3 Å². The Hall–Kier alpha value is -3.66. The molecule has 2 aromatic heterocycles. The van der Waals surface area contributed by atoms with Gasteiger partial charge in [-0.2, -0.15) is 0 Å². The fourth-order valence-electron chi connectivity index (χ4n) is 3.45. The van der Waals surface area contributed by atoms with Crippen LogP contribution in [0.3, 0.4) is 0 Å². The summed E-state index contributed by atoms with van der Waals surface area (Å²) < 4.78 is 0. The van der Waals surface area contributed by atoms with E-state index in [-0.39, 0.29) is 0 Å². The number of fused-ring (bicyclic) bond motifs is 2. The van der Waals surface area contributed by atoms with Gasteiger partial charge in [0, 0.05) is 44.6 Å². The lowest BCUT2D eigenvalue weighted by Gasteiger charge is -2.02. The second kappa shape index (κ2) is 5.43. The Balaban J connectivity index is 1.60. The van der Waals surface area contributed by atoms with Gasteiger partial charge in [0.15, 0.2) is 0 Å². The second-order valence-corrected chi connectivity index (χ2v) is 6.64. The van der Waals surface area contributed by atoms with E-state index in [0.29, 0.717) is 0 Å². The number of H-pyrrole nitrogens is 2. The van der Waals surface area contributed by atoms with E-state index in [1.54, 1.807) is 0 Å². The SMILES string of the molecule is Nc1ccc2cc(-c3cccc(-c4cc5ccc(N)cc5[nH]4)c3)[nH]c2c1. The molecule has 0 saturated carbocycles. The normalized spacial score (nSPS) is 11.4. The molecule has 5 rings (SSSR count). The maximum Gasteiger partial charge on any atom is 0.0479 e. The summed E-state index contributed by atoms with van der Waals surface area (Å²) in [6.07, 6.45) is 0. The zero-order valence-corrected chi connectivity index (χ0v) is 14.1. The van der Waals surface area contributed by atoms with Crippen molar-refractivity contribution < 1.29 is 0 Å². The van der Waals surface area contributed by atoms with Crippen molar-refractivity contribution in [3.8, 4) is 22.5 Å². The number of aromatic amines is 2.